The summed E-state index contributed by atoms with van der Waals surface area (Å²) in [6, 6.07) is 96.1. The molecule has 0 aliphatic heterocycles. The Bertz CT molecular complexity index is 4010. The molecule has 13 rings (SSSR count). The summed E-state index contributed by atoms with van der Waals surface area (Å²) in [6.45, 7) is 0. The lowest BCUT2D eigenvalue weighted by molar-refractivity contribution is 0.670. The Morgan fingerprint density at radius 1 is 0.290 bits per heavy atom. The molecule has 0 fully saturated rings. The number of fused-ring (bicyclic) bond motifs is 6. The van der Waals surface area contributed by atoms with Crippen molar-refractivity contribution < 1.29 is 4.42 Å². The van der Waals surface area contributed by atoms with Gasteiger partial charge in [-0.1, -0.05) is 200 Å². The zero-order valence-corrected chi connectivity index (χ0v) is 37.7. The van der Waals surface area contributed by atoms with Gasteiger partial charge in [0.25, 0.3) is 0 Å². The van der Waals surface area contributed by atoms with E-state index in [-0.39, 0.29) is 0 Å². The van der Waals surface area contributed by atoms with Crippen molar-refractivity contribution in [2.75, 3.05) is 4.90 Å². The Kier molecular flexibility index (Phi) is 9.84. The van der Waals surface area contributed by atoms with E-state index in [1.165, 1.54) is 44.1 Å². The van der Waals surface area contributed by atoms with Crippen molar-refractivity contribution in [2.45, 2.75) is 0 Å². The van der Waals surface area contributed by atoms with Crippen LogP contribution < -0.4 is 4.90 Å². The summed E-state index contributed by atoms with van der Waals surface area (Å²) in [6.07, 6.45) is 0. The van der Waals surface area contributed by atoms with Gasteiger partial charge in [-0.3, -0.25) is 0 Å². The maximum atomic E-state index is 6.52. The molecule has 13 aromatic rings. The van der Waals surface area contributed by atoms with E-state index in [2.05, 4.69) is 264 Å². The van der Waals surface area contributed by atoms with E-state index in [0.717, 1.165) is 78.1 Å². The molecule has 0 saturated carbocycles. The van der Waals surface area contributed by atoms with Crippen LogP contribution >= 0.6 is 0 Å². The van der Waals surface area contributed by atoms with Gasteiger partial charge < -0.3 is 13.9 Å². The number of hydrogen-bond acceptors (Lipinski definition) is 2. The zero-order valence-electron chi connectivity index (χ0n) is 37.7. The fourth-order valence-electron chi connectivity index (χ4n) is 10.5. The molecule has 0 spiro atoms. The molecule has 69 heavy (non-hydrogen) atoms. The van der Waals surface area contributed by atoms with Crippen molar-refractivity contribution in [3.63, 3.8) is 0 Å². The fraction of sp³-hybridized carbons (Fsp3) is 0. The third-order valence-electron chi connectivity index (χ3n) is 13.6. The molecule has 0 aliphatic carbocycles. The Hall–Kier alpha value is -9.18. The minimum atomic E-state index is 0.895. The Morgan fingerprint density at radius 3 is 1.61 bits per heavy atom. The third kappa shape index (κ3) is 6.99. The monoisotopic (exact) mass is 880 g/mol. The van der Waals surface area contributed by atoms with Crippen LogP contribution in [0.1, 0.15) is 0 Å². The molecule has 0 aliphatic rings. The van der Waals surface area contributed by atoms with Crippen LogP contribution in [0.5, 0.6) is 0 Å². The second-order valence-electron chi connectivity index (χ2n) is 17.6. The number of rotatable bonds is 9. The first-order valence-corrected chi connectivity index (χ1v) is 23.6. The second kappa shape index (κ2) is 16.9. The normalized spacial score (nSPS) is 11.5. The largest absolute Gasteiger partial charge is 0.455 e. The Morgan fingerprint density at radius 2 is 0.812 bits per heavy atom. The average molecular weight is 881 g/mol. The maximum absolute atomic E-state index is 6.52. The van der Waals surface area contributed by atoms with Crippen molar-refractivity contribution in [3.8, 4) is 61.3 Å². The van der Waals surface area contributed by atoms with Crippen LogP contribution in [0.25, 0.3) is 105 Å². The van der Waals surface area contributed by atoms with E-state index < -0.39 is 0 Å². The van der Waals surface area contributed by atoms with Crippen molar-refractivity contribution >= 4 is 60.8 Å². The van der Waals surface area contributed by atoms with Gasteiger partial charge in [0.15, 0.2) is 0 Å². The van der Waals surface area contributed by atoms with Gasteiger partial charge in [0.2, 0.25) is 0 Å². The fourth-order valence-corrected chi connectivity index (χ4v) is 10.5. The lowest BCUT2D eigenvalue weighted by Crippen LogP contribution is -2.11. The highest BCUT2D eigenvalue weighted by Gasteiger charge is 2.22. The molecule has 0 saturated heterocycles. The molecule has 0 radical (unpaired) electrons. The molecular weight excluding hydrogens is 837 g/mol. The second-order valence-corrected chi connectivity index (χ2v) is 17.6. The number of para-hydroxylation sites is 5. The summed E-state index contributed by atoms with van der Waals surface area (Å²) >= 11 is 0. The minimum absolute atomic E-state index is 0.895. The number of benzene rings is 11. The molecule has 0 N–H and O–H groups in total. The van der Waals surface area contributed by atoms with Gasteiger partial charge >= 0.3 is 0 Å². The molecule has 3 nitrogen and oxygen atoms in total. The van der Waals surface area contributed by atoms with Crippen molar-refractivity contribution in [1.82, 2.24) is 4.57 Å². The van der Waals surface area contributed by atoms with Crippen molar-refractivity contribution in [2.24, 2.45) is 0 Å². The quantitative estimate of drug-likeness (QED) is 0.144. The zero-order chi connectivity index (χ0) is 45.7. The number of nitrogens with zero attached hydrogens (tertiary/aromatic N) is 2. The van der Waals surface area contributed by atoms with Crippen molar-refractivity contribution in [3.05, 3.63) is 267 Å². The number of aromatic nitrogens is 1. The van der Waals surface area contributed by atoms with Gasteiger partial charge in [-0.15, -0.1) is 0 Å². The molecular formula is C66H44N2O. The van der Waals surface area contributed by atoms with E-state index in [4.69, 9.17) is 4.42 Å². The highest BCUT2D eigenvalue weighted by atomic mass is 16.3. The standard InChI is InChI=1S/C66H44N2O/c1-3-19-45(20-4-1)52-25-7-8-26-54(52)55-27-9-10-28-56(55)57-29-11-14-34-62(57)67(50-40-37-46(38-41-50)53-32-18-33-60-59-31-13-16-36-65(59)69-66(53)60)51-24-17-21-47(43-51)48-39-42-64-61(44-48)58-30-12-15-35-63(58)68(64)49-22-5-2-6-23-49/h1-44H. The molecule has 3 heteroatoms. The van der Waals surface area contributed by atoms with Gasteiger partial charge in [-0.2, -0.15) is 0 Å². The van der Waals surface area contributed by atoms with Gasteiger partial charge in [0.1, 0.15) is 11.2 Å². The first-order valence-electron chi connectivity index (χ1n) is 23.6. The lowest BCUT2D eigenvalue weighted by atomic mass is 9.88. The predicted octanol–water partition coefficient (Wildman–Crippen LogP) is 18.5. The summed E-state index contributed by atoms with van der Waals surface area (Å²) in [5.41, 5.74) is 20.0. The number of anilines is 3. The lowest BCUT2D eigenvalue weighted by Gasteiger charge is -2.29. The molecule has 2 heterocycles. The molecule has 0 unspecified atom stereocenters. The number of hydrogen-bond donors (Lipinski definition) is 0. The van der Waals surface area contributed by atoms with Gasteiger partial charge in [0, 0.05) is 49.7 Å². The summed E-state index contributed by atoms with van der Waals surface area (Å²) in [5, 5.41) is 4.70. The van der Waals surface area contributed by atoms with Crippen molar-refractivity contribution in [1.29, 1.82) is 0 Å². The van der Waals surface area contributed by atoms with E-state index in [9.17, 15) is 0 Å². The molecule has 0 atom stereocenters. The van der Waals surface area contributed by atoms with E-state index in [0.29, 0.717) is 0 Å². The first-order chi connectivity index (χ1) is 34.2. The maximum Gasteiger partial charge on any atom is 0.143 e. The topological polar surface area (TPSA) is 21.3 Å². The van der Waals surface area contributed by atoms with Gasteiger partial charge in [-0.05, 0) is 111 Å². The van der Waals surface area contributed by atoms with Gasteiger partial charge in [0.05, 0.1) is 16.7 Å². The smallest absolute Gasteiger partial charge is 0.143 e. The van der Waals surface area contributed by atoms with Crippen LogP contribution in [0.15, 0.2) is 271 Å². The van der Waals surface area contributed by atoms with Crippen LogP contribution in [-0.4, -0.2) is 4.57 Å². The summed E-state index contributed by atoms with van der Waals surface area (Å²) in [5.74, 6) is 0. The molecule has 0 amide bonds. The minimum Gasteiger partial charge on any atom is -0.455 e. The van der Waals surface area contributed by atoms with Crippen LogP contribution in [-0.2, 0) is 0 Å². The van der Waals surface area contributed by atoms with Crippen LogP contribution in [0, 0.1) is 0 Å². The Labute approximate surface area is 401 Å². The van der Waals surface area contributed by atoms with E-state index in [1.807, 2.05) is 12.1 Å². The van der Waals surface area contributed by atoms with Crippen LogP contribution in [0.3, 0.4) is 0 Å². The summed E-state index contributed by atoms with van der Waals surface area (Å²) < 4.78 is 8.89. The highest BCUT2D eigenvalue weighted by Crippen LogP contribution is 2.47. The molecule has 11 aromatic carbocycles. The average Bonchev–Trinajstić information content (AvgIpc) is 3.98. The summed E-state index contributed by atoms with van der Waals surface area (Å²) in [4.78, 5) is 2.42. The highest BCUT2D eigenvalue weighted by molar-refractivity contribution is 6.11. The first kappa shape index (κ1) is 40.1. The van der Waals surface area contributed by atoms with E-state index in [1.54, 1.807) is 0 Å². The number of furan rings is 1. The molecule has 324 valence electrons. The van der Waals surface area contributed by atoms with Crippen LogP contribution in [0.4, 0.5) is 17.1 Å². The predicted molar refractivity (Wildman–Crippen MR) is 290 cm³/mol. The molecule has 2 aromatic heterocycles. The SMILES string of the molecule is c1ccc(-c2ccccc2-c2ccccc2-c2ccccc2N(c2ccc(-c3cccc4c3oc3ccccc34)cc2)c2cccc(-c3ccc4c(c3)c3ccccc3n4-c3ccccc3)c2)cc1. The summed E-state index contributed by atoms with van der Waals surface area (Å²) in [7, 11) is 0. The Balaban J connectivity index is 0.980. The third-order valence-corrected chi connectivity index (χ3v) is 13.6. The molecule has 0 bridgehead atoms. The van der Waals surface area contributed by atoms with Crippen LogP contribution in [0.2, 0.25) is 0 Å². The van der Waals surface area contributed by atoms with Gasteiger partial charge in [-0.25, -0.2) is 0 Å². The van der Waals surface area contributed by atoms with E-state index >= 15 is 0 Å².